The lowest BCUT2D eigenvalue weighted by atomic mass is 9.75. The summed E-state index contributed by atoms with van der Waals surface area (Å²) in [6.07, 6.45) is 7.85. The Morgan fingerprint density at radius 1 is 0.620 bits per heavy atom. The molecule has 10 nitrogen and oxygen atoms in total. The summed E-state index contributed by atoms with van der Waals surface area (Å²) in [5.41, 5.74) is 4.43. The third-order valence-corrected chi connectivity index (χ3v) is 12.5. The van der Waals surface area contributed by atoms with Gasteiger partial charge in [-0.15, -0.1) is 0 Å². The Bertz CT molecular complexity index is 2120. The van der Waals surface area contributed by atoms with E-state index in [1.165, 1.54) is 24.3 Å². The quantitative estimate of drug-likeness (QED) is 0.149. The molecule has 4 aromatic carbocycles. The van der Waals surface area contributed by atoms with Gasteiger partial charge < -0.3 is 19.3 Å². The molecule has 254 valence electrons. The summed E-state index contributed by atoms with van der Waals surface area (Å²) in [7, 11) is 4.06. The highest BCUT2D eigenvalue weighted by Crippen LogP contribution is 2.63. The first kappa shape index (κ1) is 32.5. The first-order valence-electron chi connectivity index (χ1n) is 16.0. The minimum atomic E-state index is -0.941. The molecule has 0 amide bonds. The molecule has 0 saturated carbocycles. The van der Waals surface area contributed by atoms with Gasteiger partial charge in [-0.25, -0.2) is 0 Å². The first-order valence-corrected chi connectivity index (χ1v) is 17.6. The van der Waals surface area contributed by atoms with Crippen LogP contribution in [0.1, 0.15) is 49.9 Å². The number of nitro groups is 2. The molecule has 0 aromatic heterocycles. The van der Waals surface area contributed by atoms with Crippen LogP contribution in [0.4, 0.5) is 22.7 Å². The van der Waals surface area contributed by atoms with Crippen molar-refractivity contribution in [2.45, 2.75) is 50.0 Å². The third kappa shape index (κ3) is 4.00. The summed E-state index contributed by atoms with van der Waals surface area (Å²) in [4.78, 5) is 26.5. The van der Waals surface area contributed by atoms with E-state index in [1.807, 2.05) is 38.4 Å². The average Bonchev–Trinajstić information content (AvgIpc) is 3.35. The summed E-state index contributed by atoms with van der Waals surface area (Å²) < 4.78 is 15.7. The van der Waals surface area contributed by atoms with Gasteiger partial charge in [0.15, 0.2) is 0 Å². The maximum Gasteiger partial charge on any atom is 0.270 e. The van der Waals surface area contributed by atoms with Crippen molar-refractivity contribution in [1.82, 2.24) is 0 Å². The number of fused-ring (bicyclic) bond motifs is 4. The minimum absolute atomic E-state index is 0.0100. The predicted molar refractivity (Wildman–Crippen MR) is 201 cm³/mol. The monoisotopic (exact) mass is 798 g/mol. The largest absolute Gasteiger partial charge is 0.463 e. The summed E-state index contributed by atoms with van der Waals surface area (Å²) in [6, 6.07) is 17.8. The Labute approximate surface area is 305 Å². The fourth-order valence-electron chi connectivity index (χ4n) is 8.57. The van der Waals surface area contributed by atoms with Crippen LogP contribution in [0, 0.1) is 20.2 Å². The number of benzene rings is 4. The van der Waals surface area contributed by atoms with Crippen molar-refractivity contribution in [2.75, 3.05) is 23.9 Å². The van der Waals surface area contributed by atoms with Crippen molar-refractivity contribution in [1.29, 1.82) is 0 Å². The van der Waals surface area contributed by atoms with Gasteiger partial charge in [-0.1, -0.05) is 44.0 Å². The summed E-state index contributed by atoms with van der Waals surface area (Å²) in [5, 5.41) is 23.0. The van der Waals surface area contributed by atoms with Gasteiger partial charge in [0.1, 0.15) is 11.5 Å². The zero-order valence-electron chi connectivity index (χ0n) is 28.1. The van der Waals surface area contributed by atoms with Crippen LogP contribution in [-0.2, 0) is 10.8 Å². The van der Waals surface area contributed by atoms with Crippen LogP contribution in [-0.4, -0.2) is 35.4 Å². The number of nitro benzene ring substituents is 2. The van der Waals surface area contributed by atoms with E-state index in [0.29, 0.717) is 22.6 Å². The van der Waals surface area contributed by atoms with Crippen molar-refractivity contribution >= 4 is 66.8 Å². The predicted octanol–water partition coefficient (Wildman–Crippen LogP) is 9.75. The van der Waals surface area contributed by atoms with Gasteiger partial charge in [-0.2, -0.15) is 0 Å². The van der Waals surface area contributed by atoms with Crippen molar-refractivity contribution in [3.8, 4) is 22.6 Å². The van der Waals surface area contributed by atoms with Crippen LogP contribution < -0.4 is 19.3 Å². The van der Waals surface area contributed by atoms with Crippen LogP contribution in [0.2, 0.25) is 0 Å². The van der Waals surface area contributed by atoms with E-state index in [9.17, 15) is 20.2 Å². The molecular formula is C38H32Br2N4O6. The number of halogens is 2. The van der Waals surface area contributed by atoms with E-state index in [1.54, 1.807) is 12.1 Å². The second kappa shape index (κ2) is 10.4. The van der Waals surface area contributed by atoms with Gasteiger partial charge in [0.05, 0.1) is 32.1 Å². The van der Waals surface area contributed by atoms with Gasteiger partial charge in [0.2, 0.25) is 11.4 Å². The molecule has 0 unspecified atom stereocenters. The van der Waals surface area contributed by atoms with Crippen molar-refractivity contribution < 1.29 is 19.3 Å². The normalized spacial score (nSPS) is 22.9. The number of anilines is 2. The van der Waals surface area contributed by atoms with E-state index >= 15 is 0 Å². The third-order valence-electron chi connectivity index (χ3n) is 11.2. The van der Waals surface area contributed by atoms with E-state index in [0.717, 1.165) is 42.6 Å². The second-order valence-corrected chi connectivity index (χ2v) is 15.9. The molecule has 8 rings (SSSR count). The lowest BCUT2D eigenvalue weighted by molar-refractivity contribution is -0.385. The Hall–Kier alpha value is -4.68. The molecule has 50 heavy (non-hydrogen) atoms. The summed E-state index contributed by atoms with van der Waals surface area (Å²) in [6.45, 7) is 8.62. The lowest BCUT2D eigenvalue weighted by Gasteiger charge is -2.46. The van der Waals surface area contributed by atoms with E-state index in [2.05, 4.69) is 93.6 Å². The van der Waals surface area contributed by atoms with Crippen LogP contribution in [0.3, 0.4) is 0 Å². The summed E-state index contributed by atoms with van der Waals surface area (Å²) in [5.74, 6) is 1.15. The fraction of sp³-hybridized carbons (Fsp3) is 0.263. The molecule has 4 aliphatic heterocycles. The SMILES string of the molecule is CN1c2c(-c3ccc(Br)c4c3N(C)[C@]3(C=Cc5cc([N+](=O)[O-])ccc5O3)C4(C)C)ccc(Br)c2C(C)(C)[C@]12C=Cc1cc([N+](=O)[O-])ccc1O2. The van der Waals surface area contributed by atoms with Crippen LogP contribution in [0.5, 0.6) is 11.5 Å². The smallest absolute Gasteiger partial charge is 0.270 e. The van der Waals surface area contributed by atoms with Gasteiger partial charge in [-0.05, 0) is 76.3 Å². The molecule has 0 fully saturated rings. The molecule has 0 bridgehead atoms. The molecule has 4 aromatic rings. The van der Waals surface area contributed by atoms with Crippen molar-refractivity contribution in [2.24, 2.45) is 0 Å². The van der Waals surface area contributed by atoms with E-state index in [4.69, 9.17) is 9.47 Å². The first-order chi connectivity index (χ1) is 23.6. The van der Waals surface area contributed by atoms with Crippen LogP contribution in [0.15, 0.2) is 81.8 Å². The molecule has 0 saturated heterocycles. The average molecular weight is 801 g/mol. The highest BCUT2D eigenvalue weighted by atomic mass is 79.9. The number of hydrogen-bond acceptors (Lipinski definition) is 8. The zero-order chi connectivity index (χ0) is 35.7. The Morgan fingerprint density at radius 2 is 1.00 bits per heavy atom. The van der Waals surface area contributed by atoms with Gasteiger partial charge in [0, 0.05) is 80.7 Å². The van der Waals surface area contributed by atoms with Gasteiger partial charge >= 0.3 is 0 Å². The highest BCUT2D eigenvalue weighted by Gasteiger charge is 2.61. The molecule has 2 spiro atoms. The molecule has 4 aliphatic rings. The minimum Gasteiger partial charge on any atom is -0.463 e. The molecule has 12 heteroatoms. The van der Waals surface area contributed by atoms with E-state index in [-0.39, 0.29) is 11.4 Å². The Balaban J connectivity index is 1.28. The summed E-state index contributed by atoms with van der Waals surface area (Å²) >= 11 is 7.77. The number of non-ortho nitro benzene ring substituents is 2. The Kier molecular flexibility index (Phi) is 6.78. The van der Waals surface area contributed by atoms with Crippen LogP contribution in [0.25, 0.3) is 23.3 Å². The zero-order valence-corrected chi connectivity index (χ0v) is 31.2. The lowest BCUT2D eigenvalue weighted by Crippen LogP contribution is -2.58. The van der Waals surface area contributed by atoms with Crippen LogP contribution >= 0.6 is 31.9 Å². The van der Waals surface area contributed by atoms with Gasteiger partial charge in [-0.3, -0.25) is 20.2 Å². The molecular weight excluding hydrogens is 768 g/mol. The Morgan fingerprint density at radius 3 is 1.36 bits per heavy atom. The fourth-order valence-corrected chi connectivity index (χ4v) is 10.2. The number of ether oxygens (including phenoxy) is 2. The molecule has 4 heterocycles. The van der Waals surface area contributed by atoms with E-state index < -0.39 is 32.1 Å². The molecule has 0 radical (unpaired) electrons. The number of nitrogens with zero attached hydrogens (tertiary/aromatic N) is 4. The maximum absolute atomic E-state index is 11.5. The molecule has 2 atom stereocenters. The maximum atomic E-state index is 11.5. The number of likely N-dealkylation sites (N-methyl/N-ethyl adjacent to an activating group) is 2. The van der Waals surface area contributed by atoms with Gasteiger partial charge in [0.25, 0.3) is 11.4 Å². The number of rotatable bonds is 3. The number of hydrogen-bond donors (Lipinski definition) is 0. The highest BCUT2D eigenvalue weighted by molar-refractivity contribution is 9.10. The van der Waals surface area contributed by atoms with Crippen molar-refractivity contribution in [3.05, 3.63) is 124 Å². The van der Waals surface area contributed by atoms with Crippen molar-refractivity contribution in [3.63, 3.8) is 0 Å². The molecule has 0 N–H and O–H groups in total. The standard InChI is InChI=1S/C38H32Br2N4O6/c1-35(2)31-27(39)11-9-25(33(31)41(5)37(35)17-15-21-19-23(43(45)46)7-13-29(21)49-37)26-10-12-28(40)32-34(26)42(6)38(36(32,3)4)18-16-22-20-24(44(47)48)8-14-30(22)50-38/h7-20H,1-6H3/t37-,38+. The second-order valence-electron chi connectivity index (χ2n) is 14.2. The topological polar surface area (TPSA) is 111 Å². The molecule has 0 aliphatic carbocycles.